The molecule has 0 bridgehead atoms. The third-order valence-corrected chi connectivity index (χ3v) is 7.90. The largest absolute Gasteiger partial charge is 0.317 e. The Kier molecular flexibility index (Phi) is 6.34. The molecule has 0 amide bonds. The Morgan fingerprint density at radius 2 is 1.90 bits per heavy atom. The molecule has 0 spiro atoms. The van der Waals surface area contributed by atoms with Crippen molar-refractivity contribution >= 4 is 5.78 Å². The van der Waals surface area contributed by atoms with Crippen LogP contribution in [0.15, 0.2) is 30.3 Å². The third-order valence-electron chi connectivity index (χ3n) is 7.90. The van der Waals surface area contributed by atoms with Crippen LogP contribution in [0.4, 0.5) is 0 Å². The lowest BCUT2D eigenvalue weighted by Gasteiger charge is -2.32. The topological polar surface area (TPSA) is 49.0 Å². The van der Waals surface area contributed by atoms with E-state index in [1.807, 2.05) is 24.3 Å². The van der Waals surface area contributed by atoms with Crippen molar-refractivity contribution in [1.82, 2.24) is 9.47 Å². The molecule has 0 radical (unpaired) electrons. The molecule has 1 saturated carbocycles. The van der Waals surface area contributed by atoms with E-state index < -0.39 is 0 Å². The number of aromatic nitrogens is 1. The van der Waals surface area contributed by atoms with E-state index in [-0.39, 0.29) is 5.78 Å². The van der Waals surface area contributed by atoms with Crippen molar-refractivity contribution < 1.29 is 4.79 Å². The van der Waals surface area contributed by atoms with Crippen LogP contribution >= 0.6 is 0 Å². The Balaban J connectivity index is 1.70. The highest BCUT2D eigenvalue weighted by Gasteiger charge is 2.33. The number of carbonyl (C=O) groups excluding carboxylic acids is 1. The van der Waals surface area contributed by atoms with Gasteiger partial charge in [0, 0.05) is 34.7 Å². The average Bonchev–Trinajstić information content (AvgIpc) is 3.26. The second-order valence-electron chi connectivity index (χ2n) is 9.63. The Bertz CT molecular complexity index is 977. The monoisotopic (exact) mass is 417 g/mol. The van der Waals surface area contributed by atoms with Crippen molar-refractivity contribution in [2.45, 2.75) is 84.2 Å². The Labute approximate surface area is 186 Å². The molecule has 2 aliphatic rings. The SMILES string of the molecule is CCC1CCC(C)N1CC(=O)c1cc(C(C)C2CCC2)n(-c2ccc(C#N)cc2)c1C. The predicted octanol–water partition coefficient (Wildman–Crippen LogP) is 6.01. The first-order valence-electron chi connectivity index (χ1n) is 12.0. The van der Waals surface area contributed by atoms with Crippen molar-refractivity contribution in [3.8, 4) is 11.8 Å². The number of carbonyl (C=O) groups is 1. The number of likely N-dealkylation sites (tertiary alicyclic amines) is 1. The summed E-state index contributed by atoms with van der Waals surface area (Å²) in [6.07, 6.45) is 7.33. The van der Waals surface area contributed by atoms with Crippen LogP contribution < -0.4 is 0 Å². The minimum Gasteiger partial charge on any atom is -0.317 e. The van der Waals surface area contributed by atoms with Crippen LogP contribution in [0.1, 0.15) is 92.5 Å². The molecule has 3 atom stereocenters. The number of ketones is 1. The van der Waals surface area contributed by atoms with Crippen molar-refractivity contribution in [2.75, 3.05) is 6.54 Å². The highest BCUT2D eigenvalue weighted by Crippen LogP contribution is 2.41. The molecule has 1 saturated heterocycles. The minimum atomic E-state index is 0.235. The maximum Gasteiger partial charge on any atom is 0.178 e. The molecule has 4 heteroatoms. The smallest absolute Gasteiger partial charge is 0.178 e. The highest BCUT2D eigenvalue weighted by molar-refractivity contribution is 5.99. The van der Waals surface area contributed by atoms with Gasteiger partial charge in [0.1, 0.15) is 0 Å². The van der Waals surface area contributed by atoms with Crippen LogP contribution in [0, 0.1) is 24.2 Å². The van der Waals surface area contributed by atoms with E-state index >= 15 is 0 Å². The second kappa shape index (κ2) is 9.01. The van der Waals surface area contributed by atoms with Crippen molar-refractivity contribution in [1.29, 1.82) is 5.26 Å². The van der Waals surface area contributed by atoms with Crippen LogP contribution in [0.25, 0.3) is 5.69 Å². The summed E-state index contributed by atoms with van der Waals surface area (Å²) in [5.74, 6) is 1.34. The molecule has 0 N–H and O–H groups in total. The Hall–Kier alpha value is -2.38. The first-order chi connectivity index (χ1) is 14.9. The molecule has 164 valence electrons. The molecule has 2 fully saturated rings. The summed E-state index contributed by atoms with van der Waals surface area (Å²) in [4.78, 5) is 15.9. The average molecular weight is 418 g/mol. The summed E-state index contributed by atoms with van der Waals surface area (Å²) in [5.41, 5.74) is 4.82. The summed E-state index contributed by atoms with van der Waals surface area (Å²) in [7, 11) is 0. The minimum absolute atomic E-state index is 0.235. The van der Waals surface area contributed by atoms with E-state index in [9.17, 15) is 10.1 Å². The summed E-state index contributed by atoms with van der Waals surface area (Å²) < 4.78 is 2.27. The maximum absolute atomic E-state index is 13.5. The first kappa shape index (κ1) is 21.8. The molecule has 1 aliphatic carbocycles. The van der Waals surface area contributed by atoms with Crippen molar-refractivity contribution in [2.24, 2.45) is 5.92 Å². The predicted molar refractivity (Wildman–Crippen MR) is 125 cm³/mol. The van der Waals surface area contributed by atoms with E-state index in [1.165, 1.54) is 37.8 Å². The Morgan fingerprint density at radius 1 is 1.19 bits per heavy atom. The molecule has 1 aromatic carbocycles. The third kappa shape index (κ3) is 4.08. The molecular formula is C27H35N3O. The number of hydrogen-bond acceptors (Lipinski definition) is 3. The fraction of sp³-hybridized carbons (Fsp3) is 0.556. The Morgan fingerprint density at radius 3 is 2.48 bits per heavy atom. The molecule has 1 aromatic heterocycles. The van der Waals surface area contributed by atoms with E-state index in [0.29, 0.717) is 36.0 Å². The fourth-order valence-electron chi connectivity index (χ4n) is 5.56. The summed E-state index contributed by atoms with van der Waals surface area (Å²) in [5, 5.41) is 9.18. The van der Waals surface area contributed by atoms with Gasteiger partial charge in [0.25, 0.3) is 0 Å². The zero-order valence-corrected chi connectivity index (χ0v) is 19.4. The number of nitriles is 1. The van der Waals surface area contributed by atoms with Crippen LogP contribution in [-0.2, 0) is 0 Å². The lowest BCUT2D eigenvalue weighted by Crippen LogP contribution is -2.38. The van der Waals surface area contributed by atoms with E-state index in [0.717, 1.165) is 23.4 Å². The van der Waals surface area contributed by atoms with Gasteiger partial charge in [-0.1, -0.05) is 20.3 Å². The molecular weight excluding hydrogens is 382 g/mol. The summed E-state index contributed by atoms with van der Waals surface area (Å²) >= 11 is 0. The summed E-state index contributed by atoms with van der Waals surface area (Å²) in [6.45, 7) is 9.37. The van der Waals surface area contributed by atoms with Gasteiger partial charge in [0.05, 0.1) is 18.2 Å². The highest BCUT2D eigenvalue weighted by atomic mass is 16.1. The first-order valence-corrected chi connectivity index (χ1v) is 12.0. The van der Waals surface area contributed by atoms with Crippen LogP contribution in [0.2, 0.25) is 0 Å². The second-order valence-corrected chi connectivity index (χ2v) is 9.63. The zero-order valence-electron chi connectivity index (χ0n) is 19.4. The van der Waals surface area contributed by atoms with E-state index in [2.05, 4.69) is 49.3 Å². The number of hydrogen-bond donors (Lipinski definition) is 0. The number of benzene rings is 1. The quantitative estimate of drug-likeness (QED) is 0.519. The van der Waals surface area contributed by atoms with Crippen molar-refractivity contribution in [3.63, 3.8) is 0 Å². The summed E-state index contributed by atoms with van der Waals surface area (Å²) in [6, 6.07) is 13.1. The zero-order chi connectivity index (χ0) is 22.1. The van der Waals surface area contributed by atoms with Gasteiger partial charge in [0.15, 0.2) is 5.78 Å². The number of Topliss-reactive ketones (excluding diaryl/α,β-unsaturated/α-hetero) is 1. The van der Waals surface area contributed by atoms with Crippen LogP contribution in [-0.4, -0.2) is 33.9 Å². The lowest BCUT2D eigenvalue weighted by atomic mass is 9.75. The van der Waals surface area contributed by atoms with Crippen LogP contribution in [0.5, 0.6) is 0 Å². The standard InChI is InChI=1S/C27H35N3O/c1-5-23-12-9-18(2)29(23)17-27(31)25-15-26(19(3)22-7-6-8-22)30(20(25)4)24-13-10-21(16-28)11-14-24/h10-11,13-15,18-19,22-23H,5-9,12,17H2,1-4H3. The molecule has 1 aliphatic heterocycles. The maximum atomic E-state index is 13.5. The van der Waals surface area contributed by atoms with Crippen LogP contribution in [0.3, 0.4) is 0 Å². The molecule has 4 rings (SSSR count). The molecule has 2 heterocycles. The van der Waals surface area contributed by atoms with Gasteiger partial charge in [-0.2, -0.15) is 5.26 Å². The number of rotatable bonds is 7. The van der Waals surface area contributed by atoms with E-state index in [4.69, 9.17) is 0 Å². The molecule has 4 nitrogen and oxygen atoms in total. The molecule has 3 unspecified atom stereocenters. The lowest BCUT2D eigenvalue weighted by molar-refractivity contribution is 0.0888. The van der Waals surface area contributed by atoms with Gasteiger partial charge in [-0.15, -0.1) is 0 Å². The number of nitrogens with zero attached hydrogens (tertiary/aromatic N) is 3. The normalized spacial score (nSPS) is 22.8. The fourth-order valence-corrected chi connectivity index (χ4v) is 5.56. The van der Waals surface area contributed by atoms with Gasteiger partial charge in [0.2, 0.25) is 0 Å². The van der Waals surface area contributed by atoms with Gasteiger partial charge >= 0.3 is 0 Å². The van der Waals surface area contributed by atoms with Gasteiger partial charge in [-0.3, -0.25) is 9.69 Å². The molecule has 2 aromatic rings. The van der Waals surface area contributed by atoms with Gasteiger partial charge in [-0.05, 0) is 88.1 Å². The molecule has 31 heavy (non-hydrogen) atoms. The van der Waals surface area contributed by atoms with E-state index in [1.54, 1.807) is 0 Å². The van der Waals surface area contributed by atoms with Crippen molar-refractivity contribution in [3.05, 3.63) is 52.8 Å². The van der Waals surface area contributed by atoms with Gasteiger partial charge in [-0.25, -0.2) is 0 Å². The van der Waals surface area contributed by atoms with Gasteiger partial charge < -0.3 is 4.57 Å².